The van der Waals surface area contributed by atoms with Crippen molar-refractivity contribution >= 4 is 5.91 Å². The molecule has 2 aromatic rings. The molecule has 0 aliphatic carbocycles. The van der Waals surface area contributed by atoms with E-state index >= 15 is 0 Å². The summed E-state index contributed by atoms with van der Waals surface area (Å²) >= 11 is 0. The van der Waals surface area contributed by atoms with Crippen LogP contribution in [-0.2, 0) is 11.2 Å². The monoisotopic (exact) mass is 368 g/mol. The molecule has 0 unspecified atom stereocenters. The lowest BCUT2D eigenvalue weighted by Gasteiger charge is -2.36. The summed E-state index contributed by atoms with van der Waals surface area (Å²) in [5, 5.41) is 4.39. The zero-order valence-electron chi connectivity index (χ0n) is 17.3. The first-order valence-electron chi connectivity index (χ1n) is 10.0. The van der Waals surface area contributed by atoms with Crippen molar-refractivity contribution in [2.75, 3.05) is 13.1 Å². The van der Waals surface area contributed by atoms with Gasteiger partial charge in [-0.1, -0.05) is 26.8 Å². The summed E-state index contributed by atoms with van der Waals surface area (Å²) in [5.41, 5.74) is 2.95. The Bertz CT molecular complexity index is 770. The van der Waals surface area contributed by atoms with Crippen LogP contribution in [0, 0.1) is 11.3 Å². The third kappa shape index (κ3) is 4.57. The number of likely N-dealkylation sites (tertiary alicyclic amines) is 1. The molecule has 3 heterocycles. The second-order valence-corrected chi connectivity index (χ2v) is 9.02. The fourth-order valence-corrected chi connectivity index (χ4v) is 3.85. The number of aromatic nitrogens is 3. The molecule has 1 atom stereocenters. The largest absolute Gasteiger partial charge is 0.342 e. The molecular formula is C22H32N4O. The highest BCUT2D eigenvalue weighted by Crippen LogP contribution is 2.26. The van der Waals surface area contributed by atoms with E-state index in [2.05, 4.69) is 41.0 Å². The molecule has 1 aliphatic rings. The van der Waals surface area contributed by atoms with E-state index < -0.39 is 0 Å². The lowest BCUT2D eigenvalue weighted by molar-refractivity contribution is -0.141. The lowest BCUT2D eigenvalue weighted by Crippen LogP contribution is -2.45. The minimum atomic E-state index is -0.301. The van der Waals surface area contributed by atoms with Crippen LogP contribution >= 0.6 is 0 Å². The van der Waals surface area contributed by atoms with Crippen molar-refractivity contribution in [1.82, 2.24) is 19.7 Å². The number of carbonyl (C=O) groups excluding carboxylic acids is 1. The Labute approximate surface area is 162 Å². The summed E-state index contributed by atoms with van der Waals surface area (Å²) in [6, 6.07) is 6.58. The summed E-state index contributed by atoms with van der Waals surface area (Å²) in [7, 11) is 0. The van der Waals surface area contributed by atoms with Gasteiger partial charge < -0.3 is 4.90 Å². The number of pyridine rings is 1. The van der Waals surface area contributed by atoms with Crippen LogP contribution in [0.4, 0.5) is 0 Å². The average molecular weight is 369 g/mol. The van der Waals surface area contributed by atoms with Crippen molar-refractivity contribution in [3.8, 4) is 11.4 Å². The molecule has 0 saturated carbocycles. The van der Waals surface area contributed by atoms with E-state index in [1.807, 2.05) is 43.9 Å². The van der Waals surface area contributed by atoms with Crippen LogP contribution in [0.25, 0.3) is 11.4 Å². The fourth-order valence-electron chi connectivity index (χ4n) is 3.85. The van der Waals surface area contributed by atoms with E-state index in [4.69, 9.17) is 0 Å². The minimum absolute atomic E-state index is 0.266. The predicted octanol–water partition coefficient (Wildman–Crippen LogP) is 4.35. The highest BCUT2D eigenvalue weighted by molar-refractivity contribution is 5.81. The molecule has 0 spiro atoms. The van der Waals surface area contributed by atoms with Gasteiger partial charge in [-0.3, -0.25) is 14.5 Å². The van der Waals surface area contributed by atoms with Gasteiger partial charge in [-0.05, 0) is 56.7 Å². The number of amides is 1. The van der Waals surface area contributed by atoms with Crippen molar-refractivity contribution < 1.29 is 4.79 Å². The van der Waals surface area contributed by atoms with Gasteiger partial charge in [-0.25, -0.2) is 0 Å². The molecule has 5 heteroatoms. The second-order valence-electron chi connectivity index (χ2n) is 9.02. The minimum Gasteiger partial charge on any atom is -0.342 e. The molecule has 2 aromatic heterocycles. The summed E-state index contributed by atoms with van der Waals surface area (Å²) in [4.78, 5) is 19.3. The molecule has 27 heavy (non-hydrogen) atoms. The SMILES string of the molecule is CC(C)n1nccc1-c1ccc(C[C@@H]2CCCN(C(=O)C(C)(C)C)C2)cn1. The van der Waals surface area contributed by atoms with E-state index in [1.165, 1.54) is 12.0 Å². The number of nitrogens with zero attached hydrogens (tertiary/aromatic N) is 4. The van der Waals surface area contributed by atoms with Gasteiger partial charge in [0.2, 0.25) is 5.91 Å². The van der Waals surface area contributed by atoms with E-state index in [9.17, 15) is 4.79 Å². The Morgan fingerprint density at radius 3 is 2.67 bits per heavy atom. The van der Waals surface area contributed by atoms with Gasteiger partial charge in [0.1, 0.15) is 0 Å². The van der Waals surface area contributed by atoms with E-state index in [0.717, 1.165) is 37.3 Å². The first-order valence-corrected chi connectivity index (χ1v) is 10.0. The highest BCUT2D eigenvalue weighted by atomic mass is 16.2. The maximum Gasteiger partial charge on any atom is 0.227 e. The molecule has 0 aromatic carbocycles. The average Bonchev–Trinajstić information content (AvgIpc) is 3.11. The molecule has 0 N–H and O–H groups in total. The zero-order valence-corrected chi connectivity index (χ0v) is 17.3. The van der Waals surface area contributed by atoms with Crippen molar-refractivity contribution in [3.63, 3.8) is 0 Å². The number of carbonyl (C=O) groups is 1. The van der Waals surface area contributed by atoms with Gasteiger partial charge in [-0.2, -0.15) is 5.10 Å². The van der Waals surface area contributed by atoms with Crippen molar-refractivity contribution in [1.29, 1.82) is 0 Å². The molecule has 1 amide bonds. The molecule has 1 saturated heterocycles. The van der Waals surface area contributed by atoms with Gasteiger partial charge in [0.15, 0.2) is 0 Å². The van der Waals surface area contributed by atoms with Crippen molar-refractivity contribution in [3.05, 3.63) is 36.2 Å². The van der Waals surface area contributed by atoms with Crippen molar-refractivity contribution in [2.45, 2.75) is 59.9 Å². The number of rotatable bonds is 4. The van der Waals surface area contributed by atoms with Gasteiger partial charge in [0, 0.05) is 36.9 Å². The number of hydrogen-bond acceptors (Lipinski definition) is 3. The van der Waals surface area contributed by atoms with Crippen LogP contribution in [-0.4, -0.2) is 38.7 Å². The molecule has 1 aliphatic heterocycles. The second kappa shape index (κ2) is 7.83. The maximum absolute atomic E-state index is 12.6. The molecule has 146 valence electrons. The predicted molar refractivity (Wildman–Crippen MR) is 108 cm³/mol. The van der Waals surface area contributed by atoms with E-state index in [0.29, 0.717) is 12.0 Å². The maximum atomic E-state index is 12.6. The van der Waals surface area contributed by atoms with Gasteiger partial charge in [-0.15, -0.1) is 0 Å². The highest BCUT2D eigenvalue weighted by Gasteiger charge is 2.31. The normalized spacial score (nSPS) is 18.1. The van der Waals surface area contributed by atoms with Gasteiger partial charge in [0.25, 0.3) is 0 Å². The third-order valence-electron chi connectivity index (χ3n) is 5.22. The Hall–Kier alpha value is -2.17. The summed E-state index contributed by atoms with van der Waals surface area (Å²) in [6.07, 6.45) is 7.05. The Kier molecular flexibility index (Phi) is 5.68. The molecule has 1 fully saturated rings. The Morgan fingerprint density at radius 2 is 2.04 bits per heavy atom. The van der Waals surface area contributed by atoms with Gasteiger partial charge in [0.05, 0.1) is 11.4 Å². The van der Waals surface area contributed by atoms with Crippen LogP contribution in [0.2, 0.25) is 0 Å². The smallest absolute Gasteiger partial charge is 0.227 e. The van der Waals surface area contributed by atoms with Crippen molar-refractivity contribution in [2.24, 2.45) is 11.3 Å². The van der Waals surface area contributed by atoms with E-state index in [1.54, 1.807) is 0 Å². The topological polar surface area (TPSA) is 51.0 Å². The first-order chi connectivity index (χ1) is 12.8. The fraction of sp³-hybridized carbons (Fsp3) is 0.591. The molecule has 0 radical (unpaired) electrons. The zero-order chi connectivity index (χ0) is 19.6. The first kappa shape index (κ1) is 19.6. The number of hydrogen-bond donors (Lipinski definition) is 0. The van der Waals surface area contributed by atoms with Crippen LogP contribution in [0.15, 0.2) is 30.6 Å². The quantitative estimate of drug-likeness (QED) is 0.806. The molecule has 0 bridgehead atoms. The Balaban J connectivity index is 1.66. The van der Waals surface area contributed by atoms with Crippen LogP contribution in [0.1, 0.15) is 59.1 Å². The van der Waals surface area contributed by atoms with Crippen LogP contribution in [0.3, 0.4) is 0 Å². The Morgan fingerprint density at radius 1 is 1.26 bits per heavy atom. The molecule has 5 nitrogen and oxygen atoms in total. The van der Waals surface area contributed by atoms with E-state index in [-0.39, 0.29) is 11.3 Å². The third-order valence-corrected chi connectivity index (χ3v) is 5.22. The number of piperidine rings is 1. The summed E-state index contributed by atoms with van der Waals surface area (Å²) in [6.45, 7) is 12.0. The van der Waals surface area contributed by atoms with Gasteiger partial charge >= 0.3 is 0 Å². The summed E-state index contributed by atoms with van der Waals surface area (Å²) < 4.78 is 2.00. The lowest BCUT2D eigenvalue weighted by atomic mass is 9.88. The van der Waals surface area contributed by atoms with Crippen LogP contribution in [0.5, 0.6) is 0 Å². The molecule has 3 rings (SSSR count). The standard InChI is InChI=1S/C22H32N4O/c1-16(2)26-20(10-11-24-26)19-9-8-17(14-23-19)13-18-7-6-12-25(15-18)21(27)22(3,4)5/h8-11,14,16,18H,6-7,12-13,15H2,1-5H3/t18-/m0/s1. The molecular weight excluding hydrogens is 336 g/mol. The van der Waals surface area contributed by atoms with Crippen LogP contribution < -0.4 is 0 Å². The summed E-state index contributed by atoms with van der Waals surface area (Å²) in [5.74, 6) is 0.779.